The molecule has 1 aromatic heterocycles. The van der Waals surface area contributed by atoms with Gasteiger partial charge in [-0.1, -0.05) is 24.3 Å². The van der Waals surface area contributed by atoms with Crippen molar-refractivity contribution >= 4 is 23.3 Å². The maximum Gasteiger partial charge on any atom is 0.337 e. The Morgan fingerprint density at radius 2 is 1.76 bits per heavy atom. The van der Waals surface area contributed by atoms with E-state index in [1.807, 2.05) is 0 Å². The molecule has 6 nitrogen and oxygen atoms in total. The number of aromatic nitrogens is 2. The zero-order valence-electron chi connectivity index (χ0n) is 13.1. The average Bonchev–Trinajstić information content (AvgIpc) is 2.62. The molecule has 0 bridgehead atoms. The molecular formula is C18H15FN4O2. The predicted molar refractivity (Wildman–Crippen MR) is 92.4 cm³/mol. The summed E-state index contributed by atoms with van der Waals surface area (Å²) in [5.74, 6) is -0.277. The molecule has 3 rings (SSSR count). The van der Waals surface area contributed by atoms with Gasteiger partial charge in [-0.05, 0) is 29.8 Å². The molecule has 0 saturated carbocycles. The minimum atomic E-state index is -1.02. The van der Waals surface area contributed by atoms with Crippen molar-refractivity contribution in [1.29, 1.82) is 0 Å². The zero-order chi connectivity index (χ0) is 17.6. The topological polar surface area (TPSA) is 87.1 Å². The lowest BCUT2D eigenvalue weighted by atomic mass is 10.2. The molecule has 2 aromatic carbocycles. The number of rotatable bonds is 6. The van der Waals surface area contributed by atoms with E-state index in [0.717, 1.165) is 5.56 Å². The first-order chi connectivity index (χ1) is 12.1. The van der Waals surface area contributed by atoms with Crippen LogP contribution in [0.25, 0.3) is 0 Å². The van der Waals surface area contributed by atoms with E-state index in [2.05, 4.69) is 20.6 Å². The van der Waals surface area contributed by atoms with E-state index in [4.69, 9.17) is 0 Å². The Morgan fingerprint density at radius 3 is 2.52 bits per heavy atom. The molecule has 3 N–H and O–H groups in total. The molecule has 0 fully saturated rings. The maximum absolute atomic E-state index is 12.9. The van der Waals surface area contributed by atoms with Gasteiger partial charge in [0.1, 0.15) is 23.8 Å². The van der Waals surface area contributed by atoms with E-state index in [-0.39, 0.29) is 11.4 Å². The Kier molecular flexibility index (Phi) is 4.84. The molecule has 3 aromatic rings. The molecule has 7 heteroatoms. The summed E-state index contributed by atoms with van der Waals surface area (Å²) in [6.45, 7) is 0.475. The third-order valence-electron chi connectivity index (χ3n) is 3.47. The normalized spacial score (nSPS) is 10.3. The van der Waals surface area contributed by atoms with E-state index >= 15 is 0 Å². The van der Waals surface area contributed by atoms with Crippen LogP contribution in [0.15, 0.2) is 60.9 Å². The highest BCUT2D eigenvalue weighted by Crippen LogP contribution is 2.20. The highest BCUT2D eigenvalue weighted by atomic mass is 19.1. The minimum Gasteiger partial charge on any atom is -0.478 e. The van der Waals surface area contributed by atoms with Crippen LogP contribution in [0.1, 0.15) is 15.9 Å². The van der Waals surface area contributed by atoms with Gasteiger partial charge in [0.05, 0.1) is 11.3 Å². The van der Waals surface area contributed by atoms with E-state index < -0.39 is 5.97 Å². The van der Waals surface area contributed by atoms with E-state index in [9.17, 15) is 14.3 Å². The molecule has 0 radical (unpaired) electrons. The zero-order valence-corrected chi connectivity index (χ0v) is 13.1. The largest absolute Gasteiger partial charge is 0.478 e. The van der Waals surface area contributed by atoms with Crippen LogP contribution in [0, 0.1) is 5.82 Å². The van der Waals surface area contributed by atoms with Crippen molar-refractivity contribution in [3.63, 3.8) is 0 Å². The number of carboxylic acids is 1. The number of carbonyl (C=O) groups is 1. The van der Waals surface area contributed by atoms with Crippen LogP contribution >= 0.6 is 0 Å². The molecule has 1 heterocycles. The number of aromatic carboxylic acids is 1. The fourth-order valence-electron chi connectivity index (χ4n) is 2.23. The van der Waals surface area contributed by atoms with Crippen molar-refractivity contribution in [1.82, 2.24) is 9.97 Å². The molecule has 0 saturated heterocycles. The Labute approximate surface area is 143 Å². The monoisotopic (exact) mass is 338 g/mol. The number of halogens is 1. The van der Waals surface area contributed by atoms with Gasteiger partial charge in [-0.2, -0.15) is 0 Å². The molecule has 0 spiro atoms. The van der Waals surface area contributed by atoms with Gasteiger partial charge in [0.2, 0.25) is 0 Å². The van der Waals surface area contributed by atoms with Crippen molar-refractivity contribution in [2.24, 2.45) is 0 Å². The molecule has 0 aliphatic heterocycles. The molecule has 126 valence electrons. The van der Waals surface area contributed by atoms with E-state index in [1.54, 1.807) is 36.4 Å². The predicted octanol–water partition coefficient (Wildman–Crippen LogP) is 3.67. The standard InChI is InChI=1S/C18H15FN4O2/c19-13-7-5-12(6-8-13)10-20-16-9-17(22-11-21-16)23-15-4-2-1-3-14(15)18(24)25/h1-9,11H,10H2,(H,24,25)(H2,20,21,22,23). The van der Waals surface area contributed by atoms with E-state index in [0.29, 0.717) is 23.9 Å². The third kappa shape index (κ3) is 4.29. The van der Waals surface area contributed by atoms with Crippen LogP contribution in [-0.2, 0) is 6.54 Å². The lowest BCUT2D eigenvalue weighted by Gasteiger charge is -2.10. The number of hydrogen-bond donors (Lipinski definition) is 3. The average molecular weight is 338 g/mol. The second kappa shape index (κ2) is 7.39. The molecule has 0 atom stereocenters. The fraction of sp³-hybridized carbons (Fsp3) is 0.0556. The maximum atomic E-state index is 12.9. The molecule has 0 unspecified atom stereocenters. The summed E-state index contributed by atoms with van der Waals surface area (Å²) in [6, 6.07) is 14.4. The van der Waals surface area contributed by atoms with Gasteiger partial charge in [-0.3, -0.25) is 0 Å². The summed E-state index contributed by atoms with van der Waals surface area (Å²) >= 11 is 0. The lowest BCUT2D eigenvalue weighted by molar-refractivity contribution is 0.0698. The number of carboxylic acid groups (broad SMARTS) is 1. The van der Waals surface area contributed by atoms with Crippen molar-refractivity contribution in [3.8, 4) is 0 Å². The minimum absolute atomic E-state index is 0.155. The molecule has 0 aliphatic rings. The molecular weight excluding hydrogens is 323 g/mol. The first-order valence-corrected chi connectivity index (χ1v) is 7.51. The summed E-state index contributed by atoms with van der Waals surface area (Å²) in [5.41, 5.74) is 1.51. The third-order valence-corrected chi connectivity index (χ3v) is 3.47. The van der Waals surface area contributed by atoms with Gasteiger partial charge in [0.15, 0.2) is 0 Å². The molecule has 0 amide bonds. The Bertz CT molecular complexity index is 884. The Hall–Kier alpha value is -3.48. The number of hydrogen-bond acceptors (Lipinski definition) is 5. The molecule has 0 aliphatic carbocycles. The van der Waals surface area contributed by atoms with Crippen LogP contribution in [0.5, 0.6) is 0 Å². The first-order valence-electron chi connectivity index (χ1n) is 7.51. The van der Waals surface area contributed by atoms with Gasteiger partial charge >= 0.3 is 5.97 Å². The number of benzene rings is 2. The summed E-state index contributed by atoms with van der Waals surface area (Å²) in [7, 11) is 0. The Balaban J connectivity index is 1.71. The summed E-state index contributed by atoms with van der Waals surface area (Å²) in [6.07, 6.45) is 1.37. The summed E-state index contributed by atoms with van der Waals surface area (Å²) in [4.78, 5) is 19.5. The van der Waals surface area contributed by atoms with Gasteiger partial charge in [-0.15, -0.1) is 0 Å². The SMILES string of the molecule is O=C(O)c1ccccc1Nc1cc(NCc2ccc(F)cc2)ncn1. The smallest absolute Gasteiger partial charge is 0.337 e. The van der Waals surface area contributed by atoms with Crippen molar-refractivity contribution < 1.29 is 14.3 Å². The fourth-order valence-corrected chi connectivity index (χ4v) is 2.23. The number of nitrogens with zero attached hydrogens (tertiary/aromatic N) is 2. The van der Waals surface area contributed by atoms with Gasteiger partial charge in [0, 0.05) is 12.6 Å². The number of anilines is 3. The van der Waals surface area contributed by atoms with Crippen LogP contribution in [0.2, 0.25) is 0 Å². The summed E-state index contributed by atoms with van der Waals surface area (Å²) < 4.78 is 12.9. The summed E-state index contributed by atoms with van der Waals surface area (Å²) in [5, 5.41) is 15.3. The first kappa shape index (κ1) is 16.4. The van der Waals surface area contributed by atoms with Crippen molar-refractivity contribution in [2.45, 2.75) is 6.54 Å². The van der Waals surface area contributed by atoms with E-state index in [1.165, 1.54) is 24.5 Å². The lowest BCUT2D eigenvalue weighted by Crippen LogP contribution is -2.05. The van der Waals surface area contributed by atoms with Crippen molar-refractivity contribution in [3.05, 3.63) is 77.9 Å². The number of nitrogens with one attached hydrogen (secondary N) is 2. The quantitative estimate of drug-likeness (QED) is 0.636. The van der Waals surface area contributed by atoms with Crippen LogP contribution < -0.4 is 10.6 Å². The van der Waals surface area contributed by atoms with Gasteiger partial charge in [-0.25, -0.2) is 19.2 Å². The molecule has 25 heavy (non-hydrogen) atoms. The van der Waals surface area contributed by atoms with Gasteiger partial charge < -0.3 is 15.7 Å². The second-order valence-electron chi connectivity index (χ2n) is 5.24. The van der Waals surface area contributed by atoms with Crippen LogP contribution in [-0.4, -0.2) is 21.0 Å². The van der Waals surface area contributed by atoms with Crippen molar-refractivity contribution in [2.75, 3.05) is 10.6 Å². The van der Waals surface area contributed by atoms with Crippen LogP contribution in [0.4, 0.5) is 21.7 Å². The highest BCUT2D eigenvalue weighted by Gasteiger charge is 2.09. The second-order valence-corrected chi connectivity index (χ2v) is 5.24. The highest BCUT2D eigenvalue weighted by molar-refractivity contribution is 5.95. The number of para-hydroxylation sites is 1. The Morgan fingerprint density at radius 1 is 1.04 bits per heavy atom. The van der Waals surface area contributed by atoms with Crippen LogP contribution in [0.3, 0.4) is 0 Å². The van der Waals surface area contributed by atoms with Gasteiger partial charge in [0.25, 0.3) is 0 Å².